The predicted octanol–water partition coefficient (Wildman–Crippen LogP) is 4.97. The number of carbonyl (C=O) groups is 2. The van der Waals surface area contributed by atoms with Gasteiger partial charge in [0.15, 0.2) is 0 Å². The number of hydrogen-bond donors (Lipinski definition) is 1. The molecule has 2 amide bonds. The minimum absolute atomic E-state index is 0.00834. The Hall–Kier alpha value is -2.40. The maximum atomic E-state index is 12.8. The van der Waals surface area contributed by atoms with Gasteiger partial charge in [-0.25, -0.2) is 0 Å². The smallest absolute Gasteiger partial charge is 0.246 e. The summed E-state index contributed by atoms with van der Waals surface area (Å²) in [4.78, 5) is 27.0. The van der Waals surface area contributed by atoms with Gasteiger partial charge in [-0.15, -0.1) is 0 Å². The summed E-state index contributed by atoms with van der Waals surface area (Å²) in [6.07, 6.45) is 5.71. The lowest BCUT2D eigenvalue weighted by Crippen LogP contribution is -2.43. The molecular weight excluding hydrogens is 428 g/mol. The van der Waals surface area contributed by atoms with Crippen LogP contribution in [0.1, 0.15) is 43.4 Å². The van der Waals surface area contributed by atoms with Crippen molar-refractivity contribution in [2.24, 2.45) is 5.92 Å². The second-order valence-electron chi connectivity index (χ2n) is 7.36. The first-order valence-corrected chi connectivity index (χ1v) is 10.9. The normalized spacial score (nSPS) is 16.0. The van der Waals surface area contributed by atoms with Crippen LogP contribution >= 0.6 is 15.9 Å². The Balaban J connectivity index is 1.50. The number of hydrogen-bond acceptors (Lipinski definition) is 2. The summed E-state index contributed by atoms with van der Waals surface area (Å²) < 4.78 is 1.03. The molecule has 1 atom stereocenters. The van der Waals surface area contributed by atoms with Crippen molar-refractivity contribution in [3.63, 3.8) is 0 Å². The number of amides is 2. The van der Waals surface area contributed by atoms with E-state index in [2.05, 4.69) is 28.2 Å². The molecule has 2 aromatic carbocycles. The lowest BCUT2D eigenvalue weighted by Gasteiger charge is -2.31. The first-order chi connectivity index (χ1) is 14.1. The largest absolute Gasteiger partial charge is 0.349 e. The molecule has 0 radical (unpaired) electrons. The average Bonchev–Trinajstić information content (AvgIpc) is 2.77. The Morgan fingerprint density at radius 2 is 1.76 bits per heavy atom. The summed E-state index contributed by atoms with van der Waals surface area (Å²) in [7, 11) is 0. The minimum Gasteiger partial charge on any atom is -0.349 e. The highest BCUT2D eigenvalue weighted by molar-refractivity contribution is 9.10. The Morgan fingerprint density at radius 1 is 1.10 bits per heavy atom. The lowest BCUT2D eigenvalue weighted by atomic mass is 9.94. The third kappa shape index (κ3) is 6.04. The van der Waals surface area contributed by atoms with Crippen molar-refractivity contribution in [2.45, 2.75) is 32.2 Å². The van der Waals surface area contributed by atoms with Gasteiger partial charge >= 0.3 is 0 Å². The molecule has 0 aromatic heterocycles. The molecule has 152 valence electrons. The monoisotopic (exact) mass is 454 g/mol. The average molecular weight is 455 g/mol. The van der Waals surface area contributed by atoms with Gasteiger partial charge in [-0.3, -0.25) is 9.59 Å². The quantitative estimate of drug-likeness (QED) is 0.626. The van der Waals surface area contributed by atoms with E-state index in [1.807, 2.05) is 65.6 Å². The van der Waals surface area contributed by atoms with Crippen LogP contribution in [0.25, 0.3) is 6.08 Å². The SMILES string of the molecule is CC[C@@H](NC(=O)C1CCN(C(=O)/C=C/c2ccccc2)CC1)c1ccc(Br)cc1. The molecule has 1 aliphatic heterocycles. The molecule has 0 bridgehead atoms. The Morgan fingerprint density at radius 3 is 2.38 bits per heavy atom. The Bertz CT molecular complexity index is 841. The summed E-state index contributed by atoms with van der Waals surface area (Å²) in [6, 6.07) is 17.9. The zero-order valence-electron chi connectivity index (χ0n) is 16.7. The van der Waals surface area contributed by atoms with E-state index in [9.17, 15) is 9.59 Å². The van der Waals surface area contributed by atoms with Crippen LogP contribution in [0.15, 0.2) is 65.1 Å². The van der Waals surface area contributed by atoms with Gasteiger partial charge in [0, 0.05) is 29.6 Å². The number of nitrogens with one attached hydrogen (secondary N) is 1. The van der Waals surface area contributed by atoms with Gasteiger partial charge in [0.1, 0.15) is 0 Å². The van der Waals surface area contributed by atoms with Gasteiger partial charge in [-0.1, -0.05) is 65.3 Å². The third-order valence-electron chi connectivity index (χ3n) is 5.39. The van der Waals surface area contributed by atoms with E-state index in [1.165, 1.54) is 0 Å². The van der Waals surface area contributed by atoms with Gasteiger partial charge < -0.3 is 10.2 Å². The summed E-state index contributed by atoms with van der Waals surface area (Å²) in [5.74, 6) is 0.0577. The third-order valence-corrected chi connectivity index (χ3v) is 5.92. The van der Waals surface area contributed by atoms with E-state index in [4.69, 9.17) is 0 Å². The molecular formula is C24H27BrN2O2. The van der Waals surface area contributed by atoms with Crippen molar-refractivity contribution in [3.05, 3.63) is 76.3 Å². The fraction of sp³-hybridized carbons (Fsp3) is 0.333. The molecule has 4 nitrogen and oxygen atoms in total. The minimum atomic E-state index is -0.0401. The number of carbonyl (C=O) groups excluding carboxylic acids is 2. The van der Waals surface area contributed by atoms with E-state index in [1.54, 1.807) is 6.08 Å². The molecule has 3 rings (SSSR count). The maximum Gasteiger partial charge on any atom is 0.246 e. The molecule has 5 heteroatoms. The van der Waals surface area contributed by atoms with Crippen LogP contribution in [0.5, 0.6) is 0 Å². The van der Waals surface area contributed by atoms with E-state index >= 15 is 0 Å². The van der Waals surface area contributed by atoms with Gasteiger partial charge in [0.25, 0.3) is 0 Å². The predicted molar refractivity (Wildman–Crippen MR) is 120 cm³/mol. The van der Waals surface area contributed by atoms with Crippen LogP contribution in [-0.4, -0.2) is 29.8 Å². The standard InChI is InChI=1S/C24H27BrN2O2/c1-2-22(19-9-11-21(25)12-10-19)26-24(29)20-14-16-27(17-15-20)23(28)13-8-18-6-4-3-5-7-18/h3-13,20,22H,2,14-17H2,1H3,(H,26,29)/b13-8+/t22-/m1/s1. The number of halogens is 1. The van der Waals surface area contributed by atoms with Crippen molar-refractivity contribution in [1.82, 2.24) is 10.2 Å². The number of piperidine rings is 1. The molecule has 0 unspecified atom stereocenters. The highest BCUT2D eigenvalue weighted by Crippen LogP contribution is 2.23. The number of rotatable bonds is 6. The Labute approximate surface area is 181 Å². The van der Waals surface area contributed by atoms with E-state index in [-0.39, 0.29) is 23.8 Å². The topological polar surface area (TPSA) is 49.4 Å². The molecule has 1 aliphatic rings. The maximum absolute atomic E-state index is 12.8. The zero-order chi connectivity index (χ0) is 20.6. The first-order valence-electron chi connectivity index (χ1n) is 10.1. The van der Waals surface area contributed by atoms with E-state index in [0.29, 0.717) is 25.9 Å². The number of likely N-dealkylation sites (tertiary alicyclic amines) is 1. The van der Waals surface area contributed by atoms with Crippen molar-refractivity contribution in [2.75, 3.05) is 13.1 Å². The highest BCUT2D eigenvalue weighted by atomic mass is 79.9. The second-order valence-corrected chi connectivity index (χ2v) is 8.28. The van der Waals surface area contributed by atoms with E-state index < -0.39 is 0 Å². The van der Waals surface area contributed by atoms with Crippen molar-refractivity contribution >= 4 is 33.8 Å². The molecule has 2 aromatic rings. The summed E-state index contributed by atoms with van der Waals surface area (Å²) in [5, 5.41) is 3.19. The second kappa shape index (κ2) is 10.4. The molecule has 1 heterocycles. The summed E-state index contributed by atoms with van der Waals surface area (Å²) >= 11 is 3.45. The number of nitrogens with zero attached hydrogens (tertiary/aromatic N) is 1. The van der Waals surface area contributed by atoms with Crippen LogP contribution < -0.4 is 5.32 Å². The fourth-order valence-electron chi connectivity index (χ4n) is 3.60. The van der Waals surface area contributed by atoms with Crippen LogP contribution in [0.2, 0.25) is 0 Å². The molecule has 1 fully saturated rings. The van der Waals surface area contributed by atoms with E-state index in [0.717, 1.165) is 22.0 Å². The number of benzene rings is 2. The van der Waals surface area contributed by atoms with Crippen LogP contribution in [-0.2, 0) is 9.59 Å². The van der Waals surface area contributed by atoms with Crippen LogP contribution in [0, 0.1) is 5.92 Å². The molecule has 0 saturated carbocycles. The summed E-state index contributed by atoms with van der Waals surface area (Å²) in [6.45, 7) is 3.31. The highest BCUT2D eigenvalue weighted by Gasteiger charge is 2.27. The fourth-order valence-corrected chi connectivity index (χ4v) is 3.87. The van der Waals surface area contributed by atoms with Gasteiger partial charge in [-0.05, 0) is 48.6 Å². The zero-order valence-corrected chi connectivity index (χ0v) is 18.3. The molecule has 1 saturated heterocycles. The van der Waals surface area contributed by atoms with Gasteiger partial charge in [-0.2, -0.15) is 0 Å². The van der Waals surface area contributed by atoms with Crippen LogP contribution in [0.4, 0.5) is 0 Å². The van der Waals surface area contributed by atoms with Crippen molar-refractivity contribution in [3.8, 4) is 0 Å². The van der Waals surface area contributed by atoms with Gasteiger partial charge in [0.05, 0.1) is 6.04 Å². The molecule has 29 heavy (non-hydrogen) atoms. The molecule has 1 N–H and O–H groups in total. The Kier molecular flexibility index (Phi) is 7.64. The first kappa shape index (κ1) is 21.3. The van der Waals surface area contributed by atoms with Crippen molar-refractivity contribution < 1.29 is 9.59 Å². The summed E-state index contributed by atoms with van der Waals surface area (Å²) in [5.41, 5.74) is 2.12. The lowest BCUT2D eigenvalue weighted by molar-refractivity contribution is -0.132. The van der Waals surface area contributed by atoms with Gasteiger partial charge in [0.2, 0.25) is 11.8 Å². The molecule has 0 aliphatic carbocycles. The molecule has 0 spiro atoms. The van der Waals surface area contributed by atoms with Crippen molar-refractivity contribution in [1.29, 1.82) is 0 Å². The van der Waals surface area contributed by atoms with Crippen LogP contribution in [0.3, 0.4) is 0 Å².